The fourth-order valence-corrected chi connectivity index (χ4v) is 4.69. The van der Waals surface area contributed by atoms with Gasteiger partial charge in [0.2, 0.25) is 6.43 Å². The number of rotatable bonds is 3. The number of fused-ring (bicyclic) bond motifs is 2. The highest BCUT2D eigenvalue weighted by atomic mass is 35.5. The number of nitrogens with zero attached hydrogens (tertiary/aromatic N) is 1. The molecule has 2 aliphatic heterocycles. The minimum atomic E-state index is -2.62. The van der Waals surface area contributed by atoms with Crippen molar-refractivity contribution in [3.05, 3.63) is 93.8 Å². The van der Waals surface area contributed by atoms with E-state index < -0.39 is 36.1 Å². The summed E-state index contributed by atoms with van der Waals surface area (Å²) in [4.78, 5) is 27.0. The van der Waals surface area contributed by atoms with Gasteiger partial charge in [-0.2, -0.15) is 0 Å². The molecule has 2 N–H and O–H groups in total. The minimum Gasteiger partial charge on any atom is -0.341 e. The molecule has 0 bridgehead atoms. The van der Waals surface area contributed by atoms with E-state index in [9.17, 15) is 22.8 Å². The fourth-order valence-electron chi connectivity index (χ4n) is 4.46. The molecule has 2 atom stereocenters. The zero-order valence-electron chi connectivity index (χ0n) is 17.0. The summed E-state index contributed by atoms with van der Waals surface area (Å²) in [5, 5.41) is 5.78. The second-order valence-corrected chi connectivity index (χ2v) is 8.29. The summed E-state index contributed by atoms with van der Waals surface area (Å²) in [7, 11) is 0. The maximum atomic E-state index is 13.9. The zero-order valence-corrected chi connectivity index (χ0v) is 17.7. The Balaban J connectivity index is 1.51. The van der Waals surface area contributed by atoms with Crippen LogP contribution in [0.4, 0.5) is 29.3 Å². The van der Waals surface area contributed by atoms with Crippen molar-refractivity contribution in [2.45, 2.75) is 18.4 Å². The average molecular weight is 472 g/mol. The highest BCUT2D eigenvalue weighted by Crippen LogP contribution is 2.42. The summed E-state index contributed by atoms with van der Waals surface area (Å²) in [6, 6.07) is 13.8. The van der Waals surface area contributed by atoms with Crippen molar-refractivity contribution in [1.29, 1.82) is 0 Å². The average Bonchev–Trinajstić information content (AvgIpc) is 3.35. The van der Waals surface area contributed by atoms with Crippen LogP contribution in [0, 0.1) is 5.82 Å². The quantitative estimate of drug-likeness (QED) is 0.514. The molecular formula is C24H17ClF3N3O2. The molecule has 5 rings (SSSR count). The van der Waals surface area contributed by atoms with Crippen LogP contribution in [0.3, 0.4) is 0 Å². The Morgan fingerprint density at radius 2 is 1.88 bits per heavy atom. The van der Waals surface area contributed by atoms with Crippen molar-refractivity contribution in [2.75, 3.05) is 16.8 Å². The van der Waals surface area contributed by atoms with Crippen LogP contribution < -0.4 is 15.5 Å². The monoisotopic (exact) mass is 471 g/mol. The van der Waals surface area contributed by atoms with Gasteiger partial charge in [0.05, 0.1) is 12.0 Å². The van der Waals surface area contributed by atoms with Gasteiger partial charge in [0.25, 0.3) is 5.91 Å². The smallest absolute Gasteiger partial charge is 0.326 e. The van der Waals surface area contributed by atoms with Crippen LogP contribution in [-0.2, 0) is 0 Å². The van der Waals surface area contributed by atoms with Crippen molar-refractivity contribution in [3.8, 4) is 0 Å². The second-order valence-electron chi connectivity index (χ2n) is 7.88. The van der Waals surface area contributed by atoms with Crippen LogP contribution in [0.2, 0.25) is 5.02 Å². The van der Waals surface area contributed by atoms with Crippen LogP contribution in [0.15, 0.2) is 60.7 Å². The molecule has 2 heterocycles. The van der Waals surface area contributed by atoms with Crippen LogP contribution >= 0.6 is 11.6 Å². The van der Waals surface area contributed by atoms with Crippen molar-refractivity contribution in [3.63, 3.8) is 0 Å². The van der Waals surface area contributed by atoms with Gasteiger partial charge in [0.15, 0.2) is 0 Å². The number of alkyl halides is 2. The van der Waals surface area contributed by atoms with E-state index in [0.717, 1.165) is 0 Å². The summed E-state index contributed by atoms with van der Waals surface area (Å²) in [6.07, 6.45) is -2.62. The number of anilines is 2. The lowest BCUT2D eigenvalue weighted by molar-refractivity contribution is 0.0960. The number of para-hydroxylation sites is 1. The van der Waals surface area contributed by atoms with Gasteiger partial charge in [0.1, 0.15) is 5.82 Å². The van der Waals surface area contributed by atoms with E-state index in [0.29, 0.717) is 33.6 Å². The molecule has 9 heteroatoms. The summed E-state index contributed by atoms with van der Waals surface area (Å²) < 4.78 is 41.1. The Morgan fingerprint density at radius 3 is 2.67 bits per heavy atom. The molecule has 168 valence electrons. The Hall–Kier alpha value is -3.52. The number of benzene rings is 3. The first kappa shape index (κ1) is 21.3. The number of carbonyl (C=O) groups excluding carboxylic acids is 2. The molecule has 0 unspecified atom stereocenters. The van der Waals surface area contributed by atoms with Crippen LogP contribution in [0.5, 0.6) is 0 Å². The van der Waals surface area contributed by atoms with Crippen molar-refractivity contribution in [2.24, 2.45) is 0 Å². The summed E-state index contributed by atoms with van der Waals surface area (Å²) in [5.41, 5.74) is 2.20. The van der Waals surface area contributed by atoms with E-state index in [1.807, 2.05) is 0 Å². The van der Waals surface area contributed by atoms with E-state index in [1.165, 1.54) is 23.1 Å². The number of hydrogen-bond acceptors (Lipinski definition) is 2. The normalized spacial score (nSPS) is 18.8. The summed E-state index contributed by atoms with van der Waals surface area (Å²) >= 11 is 6.27. The Kier molecular flexibility index (Phi) is 5.25. The molecule has 5 nitrogen and oxygen atoms in total. The third kappa shape index (κ3) is 3.60. The van der Waals surface area contributed by atoms with Gasteiger partial charge in [-0.3, -0.25) is 9.69 Å². The first-order chi connectivity index (χ1) is 15.8. The second kappa shape index (κ2) is 8.12. The number of amides is 3. The predicted molar refractivity (Wildman–Crippen MR) is 119 cm³/mol. The number of nitrogens with one attached hydrogen (secondary N) is 2. The largest absolute Gasteiger partial charge is 0.341 e. The molecule has 0 fully saturated rings. The van der Waals surface area contributed by atoms with Gasteiger partial charge in [-0.1, -0.05) is 35.9 Å². The molecule has 0 saturated heterocycles. The van der Waals surface area contributed by atoms with Gasteiger partial charge >= 0.3 is 6.03 Å². The molecule has 33 heavy (non-hydrogen) atoms. The highest BCUT2D eigenvalue weighted by molar-refractivity contribution is 6.31. The SMILES string of the molecule is O=C1N[C@H](c2cc(F)ccc2Cl)c2c(NC(=O)N3C[C@@H](C(F)F)c4ccccc43)cccc21. The molecule has 0 saturated carbocycles. The standard InChI is InChI=1S/C24H17ClF3N3O2/c25-17-9-8-12(26)10-15(17)21-20-14(23(32)30-21)5-3-6-18(20)29-24(33)31-11-16(22(27)28)13-4-1-2-7-19(13)31/h1-10,16,21-22H,11H2,(H,29,33)(H,30,32)/t16-,21-/m1/s1. The predicted octanol–water partition coefficient (Wildman–Crippen LogP) is 5.71. The third-order valence-electron chi connectivity index (χ3n) is 5.98. The number of hydrogen-bond donors (Lipinski definition) is 2. The van der Waals surface area contributed by atoms with Crippen molar-refractivity contribution < 1.29 is 22.8 Å². The van der Waals surface area contributed by atoms with Gasteiger partial charge in [-0.15, -0.1) is 0 Å². The van der Waals surface area contributed by atoms with Gasteiger partial charge in [-0.05, 0) is 42.0 Å². The molecule has 0 aliphatic carbocycles. The molecule has 3 aromatic carbocycles. The molecule has 3 amide bonds. The summed E-state index contributed by atoms with van der Waals surface area (Å²) in [5.74, 6) is -2.00. The molecular weight excluding hydrogens is 455 g/mol. The number of urea groups is 1. The number of carbonyl (C=O) groups is 2. The lowest BCUT2D eigenvalue weighted by Crippen LogP contribution is -2.35. The maximum absolute atomic E-state index is 13.9. The lowest BCUT2D eigenvalue weighted by Gasteiger charge is -2.22. The topological polar surface area (TPSA) is 61.4 Å². The van der Waals surface area contributed by atoms with Crippen LogP contribution in [-0.4, -0.2) is 24.9 Å². The van der Waals surface area contributed by atoms with E-state index in [4.69, 9.17) is 11.6 Å². The van der Waals surface area contributed by atoms with E-state index in [2.05, 4.69) is 10.6 Å². The molecule has 0 radical (unpaired) electrons. The zero-order chi connectivity index (χ0) is 23.3. The lowest BCUT2D eigenvalue weighted by atomic mass is 9.96. The maximum Gasteiger partial charge on any atom is 0.326 e. The molecule has 3 aromatic rings. The fraction of sp³-hybridized carbons (Fsp3) is 0.167. The molecule has 0 aromatic heterocycles. The van der Waals surface area contributed by atoms with Gasteiger partial charge in [0, 0.05) is 39.6 Å². The first-order valence-corrected chi connectivity index (χ1v) is 10.6. The minimum absolute atomic E-state index is 0.172. The van der Waals surface area contributed by atoms with Crippen LogP contribution in [0.1, 0.15) is 39.0 Å². The van der Waals surface area contributed by atoms with E-state index >= 15 is 0 Å². The van der Waals surface area contributed by atoms with Crippen LogP contribution in [0.25, 0.3) is 0 Å². The Morgan fingerprint density at radius 1 is 1.09 bits per heavy atom. The molecule has 2 aliphatic rings. The Labute approximate surface area is 192 Å². The van der Waals surface area contributed by atoms with E-state index in [1.54, 1.807) is 42.5 Å². The number of halogens is 4. The third-order valence-corrected chi connectivity index (χ3v) is 6.33. The Bertz CT molecular complexity index is 1280. The summed E-state index contributed by atoms with van der Waals surface area (Å²) in [6.45, 7) is -0.172. The van der Waals surface area contributed by atoms with Gasteiger partial charge in [-0.25, -0.2) is 18.0 Å². The van der Waals surface area contributed by atoms with Crippen molar-refractivity contribution >= 4 is 34.9 Å². The van der Waals surface area contributed by atoms with Gasteiger partial charge < -0.3 is 10.6 Å². The van der Waals surface area contributed by atoms with Crippen molar-refractivity contribution in [1.82, 2.24) is 5.32 Å². The highest BCUT2D eigenvalue weighted by Gasteiger charge is 2.38. The first-order valence-electron chi connectivity index (χ1n) is 10.2. The molecule has 0 spiro atoms. The van der Waals surface area contributed by atoms with E-state index in [-0.39, 0.29) is 11.6 Å².